The maximum absolute atomic E-state index is 10.4. The first-order chi connectivity index (χ1) is 5.81. The number of hydrogen-bond acceptors (Lipinski definition) is 2. The van der Waals surface area contributed by atoms with Crippen LogP contribution < -0.4 is 0 Å². The highest BCUT2D eigenvalue weighted by Crippen LogP contribution is 2.12. The molecule has 60 valence electrons. The minimum Gasteiger partial charge on any atom is -0.296 e. The van der Waals surface area contributed by atoms with Gasteiger partial charge in [0.1, 0.15) is 16.5 Å². The van der Waals surface area contributed by atoms with E-state index in [2.05, 4.69) is 4.98 Å². The van der Waals surface area contributed by atoms with Gasteiger partial charge in [-0.1, -0.05) is 17.7 Å². The maximum Gasteiger partial charge on any atom is 0.170 e. The molecular formula is C8H5ClN2O. The Morgan fingerprint density at radius 1 is 1.50 bits per heavy atom. The molecule has 0 saturated carbocycles. The van der Waals surface area contributed by atoms with Crippen LogP contribution in [0.5, 0.6) is 0 Å². The smallest absolute Gasteiger partial charge is 0.170 e. The molecular weight excluding hydrogens is 176 g/mol. The van der Waals surface area contributed by atoms with Gasteiger partial charge >= 0.3 is 0 Å². The highest BCUT2D eigenvalue weighted by Gasteiger charge is 2.01. The molecule has 0 spiro atoms. The molecule has 0 amide bonds. The molecule has 0 aliphatic carbocycles. The summed E-state index contributed by atoms with van der Waals surface area (Å²) in [5, 5.41) is 0.549. The van der Waals surface area contributed by atoms with Gasteiger partial charge < -0.3 is 0 Å². The maximum atomic E-state index is 10.4. The van der Waals surface area contributed by atoms with Crippen LogP contribution in [0.25, 0.3) is 5.65 Å². The number of carbonyl (C=O) groups excluding carboxylic acids is 1. The molecule has 3 nitrogen and oxygen atoms in total. The Hall–Kier alpha value is -1.35. The third kappa shape index (κ3) is 0.987. The van der Waals surface area contributed by atoms with Crippen LogP contribution in [0.4, 0.5) is 0 Å². The SMILES string of the molecule is O=Cc1cn2c(Cl)cccc2n1. The van der Waals surface area contributed by atoms with Gasteiger partial charge in [-0.05, 0) is 12.1 Å². The number of imidazole rings is 1. The summed E-state index contributed by atoms with van der Waals surface area (Å²) in [6.45, 7) is 0. The summed E-state index contributed by atoms with van der Waals surface area (Å²) in [6, 6.07) is 5.32. The first-order valence-electron chi connectivity index (χ1n) is 3.40. The third-order valence-electron chi connectivity index (χ3n) is 1.58. The van der Waals surface area contributed by atoms with E-state index in [9.17, 15) is 4.79 Å². The van der Waals surface area contributed by atoms with Crippen molar-refractivity contribution in [1.29, 1.82) is 0 Å². The molecule has 2 aromatic rings. The van der Waals surface area contributed by atoms with E-state index in [1.807, 2.05) is 0 Å². The Morgan fingerprint density at radius 2 is 2.33 bits per heavy atom. The Morgan fingerprint density at radius 3 is 3.00 bits per heavy atom. The molecule has 0 unspecified atom stereocenters. The van der Waals surface area contributed by atoms with E-state index in [1.54, 1.807) is 28.8 Å². The fourth-order valence-corrected chi connectivity index (χ4v) is 1.26. The zero-order chi connectivity index (χ0) is 8.55. The molecule has 2 rings (SSSR count). The monoisotopic (exact) mass is 180 g/mol. The summed E-state index contributed by atoms with van der Waals surface area (Å²) in [6.07, 6.45) is 2.30. The largest absolute Gasteiger partial charge is 0.296 e. The summed E-state index contributed by atoms with van der Waals surface area (Å²) in [5.74, 6) is 0. The van der Waals surface area contributed by atoms with Crippen LogP contribution in [0.2, 0.25) is 5.15 Å². The van der Waals surface area contributed by atoms with E-state index in [4.69, 9.17) is 11.6 Å². The second-order valence-electron chi connectivity index (χ2n) is 2.36. The predicted octanol–water partition coefficient (Wildman–Crippen LogP) is 1.80. The van der Waals surface area contributed by atoms with E-state index < -0.39 is 0 Å². The number of halogens is 1. The van der Waals surface area contributed by atoms with Gasteiger partial charge in [0.25, 0.3) is 0 Å². The molecule has 0 fully saturated rings. The summed E-state index contributed by atoms with van der Waals surface area (Å²) >= 11 is 5.83. The van der Waals surface area contributed by atoms with Gasteiger partial charge in [0.2, 0.25) is 0 Å². The van der Waals surface area contributed by atoms with Crippen molar-refractivity contribution in [1.82, 2.24) is 9.38 Å². The fraction of sp³-hybridized carbons (Fsp3) is 0. The lowest BCUT2D eigenvalue weighted by Crippen LogP contribution is -1.82. The number of hydrogen-bond donors (Lipinski definition) is 0. The normalized spacial score (nSPS) is 10.4. The summed E-state index contributed by atoms with van der Waals surface area (Å²) in [7, 11) is 0. The highest BCUT2D eigenvalue weighted by atomic mass is 35.5. The van der Waals surface area contributed by atoms with Gasteiger partial charge in [0, 0.05) is 6.20 Å². The molecule has 0 aliphatic heterocycles. The quantitative estimate of drug-likeness (QED) is 0.496. The number of nitrogens with zero attached hydrogens (tertiary/aromatic N) is 2. The minimum atomic E-state index is 0.392. The average molecular weight is 181 g/mol. The first kappa shape index (κ1) is 7.31. The molecule has 0 N–H and O–H groups in total. The Bertz CT molecular complexity index is 436. The summed E-state index contributed by atoms with van der Waals surface area (Å²) in [4.78, 5) is 14.4. The lowest BCUT2D eigenvalue weighted by atomic mass is 10.5. The van der Waals surface area contributed by atoms with Crippen molar-refractivity contribution >= 4 is 23.5 Å². The Balaban J connectivity index is 2.82. The van der Waals surface area contributed by atoms with Gasteiger partial charge in [-0.3, -0.25) is 9.20 Å². The van der Waals surface area contributed by atoms with E-state index in [1.165, 1.54) is 0 Å². The van der Waals surface area contributed by atoms with E-state index in [-0.39, 0.29) is 0 Å². The van der Waals surface area contributed by atoms with Gasteiger partial charge in [-0.15, -0.1) is 0 Å². The summed E-state index contributed by atoms with van der Waals surface area (Å²) in [5.41, 5.74) is 1.08. The molecule has 0 radical (unpaired) electrons. The third-order valence-corrected chi connectivity index (χ3v) is 1.89. The van der Waals surface area contributed by atoms with Crippen molar-refractivity contribution in [3.05, 3.63) is 35.2 Å². The Kier molecular flexibility index (Phi) is 1.59. The second-order valence-corrected chi connectivity index (χ2v) is 2.75. The van der Waals surface area contributed by atoms with Crippen molar-refractivity contribution in [2.75, 3.05) is 0 Å². The number of fused-ring (bicyclic) bond motifs is 1. The molecule has 12 heavy (non-hydrogen) atoms. The number of aldehydes is 1. The van der Waals surface area contributed by atoms with Crippen molar-refractivity contribution in [3.8, 4) is 0 Å². The molecule has 0 aliphatic rings. The van der Waals surface area contributed by atoms with E-state index in [0.29, 0.717) is 22.8 Å². The lowest BCUT2D eigenvalue weighted by Gasteiger charge is -1.93. The number of rotatable bonds is 1. The number of pyridine rings is 1. The molecule has 4 heteroatoms. The van der Waals surface area contributed by atoms with Crippen LogP contribution in [0.3, 0.4) is 0 Å². The summed E-state index contributed by atoms with van der Waals surface area (Å²) < 4.78 is 1.66. The molecule has 2 aromatic heterocycles. The predicted molar refractivity (Wildman–Crippen MR) is 45.6 cm³/mol. The zero-order valence-electron chi connectivity index (χ0n) is 6.07. The molecule has 0 bridgehead atoms. The molecule has 2 heterocycles. The van der Waals surface area contributed by atoms with Crippen LogP contribution in [0, 0.1) is 0 Å². The van der Waals surface area contributed by atoms with E-state index in [0.717, 1.165) is 0 Å². The van der Waals surface area contributed by atoms with Gasteiger partial charge in [0.05, 0.1) is 0 Å². The molecule has 0 atom stereocenters. The van der Waals surface area contributed by atoms with Gasteiger partial charge in [0.15, 0.2) is 6.29 Å². The average Bonchev–Trinajstić information content (AvgIpc) is 2.49. The van der Waals surface area contributed by atoms with Crippen molar-refractivity contribution in [2.45, 2.75) is 0 Å². The van der Waals surface area contributed by atoms with Crippen molar-refractivity contribution in [3.63, 3.8) is 0 Å². The van der Waals surface area contributed by atoms with Crippen molar-refractivity contribution < 1.29 is 4.79 Å². The number of aromatic nitrogens is 2. The second kappa shape index (κ2) is 2.60. The van der Waals surface area contributed by atoms with Crippen molar-refractivity contribution in [2.24, 2.45) is 0 Å². The van der Waals surface area contributed by atoms with Crippen LogP contribution in [0.15, 0.2) is 24.4 Å². The lowest BCUT2D eigenvalue weighted by molar-refractivity contribution is 0.111. The Labute approximate surface area is 73.6 Å². The first-order valence-corrected chi connectivity index (χ1v) is 3.78. The fourth-order valence-electron chi connectivity index (χ4n) is 1.05. The van der Waals surface area contributed by atoms with Crippen LogP contribution in [-0.4, -0.2) is 15.7 Å². The zero-order valence-corrected chi connectivity index (χ0v) is 6.82. The molecule has 0 aromatic carbocycles. The highest BCUT2D eigenvalue weighted by molar-refractivity contribution is 6.29. The standard InChI is InChI=1S/C8H5ClN2O/c9-7-2-1-3-8-10-6(5-12)4-11(7)8/h1-5H. The van der Waals surface area contributed by atoms with E-state index >= 15 is 0 Å². The van der Waals surface area contributed by atoms with Crippen LogP contribution in [0.1, 0.15) is 10.5 Å². The van der Waals surface area contributed by atoms with Gasteiger partial charge in [-0.2, -0.15) is 0 Å². The number of carbonyl (C=O) groups is 1. The van der Waals surface area contributed by atoms with Crippen LogP contribution in [-0.2, 0) is 0 Å². The minimum absolute atomic E-state index is 0.392. The van der Waals surface area contributed by atoms with Gasteiger partial charge in [-0.25, -0.2) is 4.98 Å². The molecule has 0 saturated heterocycles. The topological polar surface area (TPSA) is 34.4 Å². The van der Waals surface area contributed by atoms with Crippen LogP contribution >= 0.6 is 11.6 Å².